The Hall–Kier alpha value is -1.40. The number of phosphoric ester groups is 1. The molecule has 7 N–H and O–H groups in total. The molecular weight excluding hydrogens is 543 g/mol. The van der Waals surface area contributed by atoms with Crippen LogP contribution in [0.15, 0.2) is 12.7 Å². The number of ether oxygens (including phenoxy) is 2. The molecule has 35 heavy (non-hydrogen) atoms. The highest BCUT2D eigenvalue weighted by Crippen LogP contribution is 2.66. The van der Waals surface area contributed by atoms with E-state index >= 15 is 0 Å². The summed E-state index contributed by atoms with van der Waals surface area (Å²) in [4.78, 5) is 48.2. The zero-order valence-corrected chi connectivity index (χ0v) is 20.3. The van der Waals surface area contributed by atoms with Crippen LogP contribution >= 0.6 is 23.5 Å². The summed E-state index contributed by atoms with van der Waals surface area (Å²) >= 11 is 0. The summed E-state index contributed by atoms with van der Waals surface area (Å²) in [7, 11) is -15.2. The number of nitrogens with one attached hydrogen (secondary N) is 1. The van der Waals surface area contributed by atoms with E-state index in [0.29, 0.717) is 24.5 Å². The van der Waals surface area contributed by atoms with Gasteiger partial charge in [-0.05, 0) is 0 Å². The van der Waals surface area contributed by atoms with Crippen molar-refractivity contribution in [2.24, 2.45) is 0 Å². The van der Waals surface area contributed by atoms with Crippen LogP contribution in [0.25, 0.3) is 11.2 Å². The highest BCUT2D eigenvalue weighted by Gasteiger charge is 2.47. The lowest BCUT2D eigenvalue weighted by Gasteiger charge is -2.19. The van der Waals surface area contributed by atoms with Gasteiger partial charge in [0.15, 0.2) is 23.2 Å². The van der Waals surface area contributed by atoms with Gasteiger partial charge in [-0.3, -0.25) is 9.09 Å². The zero-order chi connectivity index (χ0) is 26.0. The number of imidazole rings is 1. The van der Waals surface area contributed by atoms with Crippen molar-refractivity contribution >= 4 is 40.4 Å². The van der Waals surface area contributed by atoms with Gasteiger partial charge in [0, 0.05) is 13.7 Å². The molecule has 0 amide bonds. The Labute approximate surface area is 196 Å². The normalized spacial score (nSPS) is 26.5. The summed E-state index contributed by atoms with van der Waals surface area (Å²) in [5, 5.41) is 23.7. The molecule has 2 aromatic heterocycles. The molecule has 0 aromatic carbocycles. The van der Waals surface area contributed by atoms with E-state index in [0.717, 1.165) is 0 Å². The highest BCUT2D eigenvalue weighted by atomic mass is 31.3. The maximum absolute atomic E-state index is 11.9. The molecule has 0 spiro atoms. The van der Waals surface area contributed by atoms with Gasteiger partial charge in [-0.25, -0.2) is 28.6 Å². The van der Waals surface area contributed by atoms with Crippen molar-refractivity contribution in [2.45, 2.75) is 24.5 Å². The number of hydrogen-bond donors (Lipinski definition) is 7. The van der Waals surface area contributed by atoms with Gasteiger partial charge in [0.2, 0.25) is 0 Å². The number of aromatic nitrogens is 4. The van der Waals surface area contributed by atoms with Crippen LogP contribution in [0.1, 0.15) is 6.23 Å². The molecule has 22 heteroatoms. The molecule has 3 heterocycles. The van der Waals surface area contributed by atoms with E-state index in [-0.39, 0.29) is 5.65 Å². The van der Waals surface area contributed by atoms with Crippen LogP contribution < -0.4 is 5.32 Å². The molecular formula is C13H22N5O14P3. The number of hydrogen-bond acceptors (Lipinski definition) is 14. The van der Waals surface area contributed by atoms with Crippen LogP contribution in [0.5, 0.6) is 0 Å². The molecule has 0 bridgehead atoms. The topological polar surface area (TPSA) is 274 Å². The molecule has 19 nitrogen and oxygen atoms in total. The fourth-order valence-electron chi connectivity index (χ4n) is 3.01. The second kappa shape index (κ2) is 10.9. The summed E-state index contributed by atoms with van der Waals surface area (Å²) in [6.45, 7) is -0.149. The number of phosphoric acid groups is 3. The monoisotopic (exact) mass is 565 g/mol. The van der Waals surface area contributed by atoms with Crippen molar-refractivity contribution in [1.29, 1.82) is 0 Å². The quantitative estimate of drug-likeness (QED) is 0.118. The molecule has 0 saturated carbocycles. The Balaban J connectivity index is 1.69. The van der Waals surface area contributed by atoms with Gasteiger partial charge in [-0.2, -0.15) is 8.62 Å². The van der Waals surface area contributed by atoms with Gasteiger partial charge in [-0.15, -0.1) is 0 Å². The van der Waals surface area contributed by atoms with Gasteiger partial charge in [0.25, 0.3) is 0 Å². The number of anilines is 1. The van der Waals surface area contributed by atoms with Gasteiger partial charge < -0.3 is 44.6 Å². The molecule has 2 aromatic rings. The van der Waals surface area contributed by atoms with E-state index in [1.807, 2.05) is 0 Å². The Bertz CT molecular complexity index is 1170. The Kier molecular flexibility index (Phi) is 8.79. The van der Waals surface area contributed by atoms with Crippen molar-refractivity contribution in [2.75, 3.05) is 32.2 Å². The fourth-order valence-corrected chi connectivity index (χ4v) is 6.04. The largest absolute Gasteiger partial charge is 0.490 e. The fraction of sp³-hybridized carbons (Fsp3) is 0.615. The Morgan fingerprint density at radius 3 is 2.43 bits per heavy atom. The van der Waals surface area contributed by atoms with Crippen LogP contribution in [-0.2, 0) is 36.3 Å². The van der Waals surface area contributed by atoms with Gasteiger partial charge in [-0.1, -0.05) is 0 Å². The molecule has 3 rings (SSSR count). The average molecular weight is 565 g/mol. The van der Waals surface area contributed by atoms with E-state index in [4.69, 9.17) is 19.3 Å². The predicted molar refractivity (Wildman–Crippen MR) is 111 cm³/mol. The third-order valence-electron chi connectivity index (χ3n) is 4.39. The molecule has 0 radical (unpaired) electrons. The van der Waals surface area contributed by atoms with Gasteiger partial charge >= 0.3 is 23.5 Å². The van der Waals surface area contributed by atoms with Crippen LogP contribution in [0.4, 0.5) is 5.82 Å². The lowest BCUT2D eigenvalue weighted by Crippen LogP contribution is -2.33. The minimum Gasteiger partial charge on any atom is -0.387 e. The summed E-state index contributed by atoms with van der Waals surface area (Å²) in [5.74, 6) is 0.364. The van der Waals surface area contributed by atoms with Gasteiger partial charge in [0.05, 0.1) is 19.5 Å². The molecule has 6 unspecified atom stereocenters. The number of rotatable bonds is 12. The maximum atomic E-state index is 11.9. The first-order valence-corrected chi connectivity index (χ1v) is 14.0. The summed E-state index contributed by atoms with van der Waals surface area (Å²) in [5.41, 5.74) is 0.523. The summed E-state index contributed by atoms with van der Waals surface area (Å²) in [6, 6.07) is 0. The van der Waals surface area contributed by atoms with Crippen molar-refractivity contribution in [3.8, 4) is 0 Å². The van der Waals surface area contributed by atoms with Crippen LogP contribution in [0, 0.1) is 0 Å². The Morgan fingerprint density at radius 1 is 1.06 bits per heavy atom. The van der Waals surface area contributed by atoms with E-state index in [1.165, 1.54) is 24.3 Å². The third kappa shape index (κ3) is 7.31. The number of aliphatic hydroxyl groups is 2. The van der Waals surface area contributed by atoms with Crippen molar-refractivity contribution in [3.63, 3.8) is 0 Å². The first-order valence-electron chi connectivity index (χ1n) is 9.43. The summed E-state index contributed by atoms with van der Waals surface area (Å²) in [6.07, 6.45) is -3.54. The second-order valence-corrected chi connectivity index (χ2v) is 11.3. The number of fused-ring (bicyclic) bond motifs is 1. The highest BCUT2D eigenvalue weighted by molar-refractivity contribution is 7.66. The first-order chi connectivity index (χ1) is 16.2. The van der Waals surface area contributed by atoms with Gasteiger partial charge in [0.1, 0.15) is 24.6 Å². The average Bonchev–Trinajstić information content (AvgIpc) is 3.26. The van der Waals surface area contributed by atoms with E-state index in [1.54, 1.807) is 0 Å². The SMILES string of the molecule is COCCNc1ncnc2c1ncn2C1OC(COP(=O)(O)OP(=O)(O)OP(=O)(O)O)C(O)C1O. The smallest absolute Gasteiger partial charge is 0.387 e. The van der Waals surface area contributed by atoms with E-state index in [9.17, 15) is 33.7 Å². The minimum absolute atomic E-state index is 0.213. The number of nitrogens with zero attached hydrogens (tertiary/aromatic N) is 4. The minimum atomic E-state index is -5.71. The number of aliphatic hydroxyl groups excluding tert-OH is 2. The van der Waals surface area contributed by atoms with Crippen molar-refractivity contribution < 1.29 is 66.1 Å². The second-order valence-electron chi connectivity index (χ2n) is 6.90. The van der Waals surface area contributed by atoms with Crippen molar-refractivity contribution in [1.82, 2.24) is 19.5 Å². The number of methoxy groups -OCH3 is 1. The standard InChI is InChI=1S/C13H22N5O14P3/c1-28-3-2-14-11-8-12(16-5-15-11)18(6-17-8)13-10(20)9(19)7(30-13)4-29-34(24,25)32-35(26,27)31-33(21,22)23/h5-7,9-10,13,19-20H,2-4H2,1H3,(H,24,25)(H,26,27)(H,14,15,16)(H2,21,22,23). The Morgan fingerprint density at radius 2 is 1.77 bits per heavy atom. The molecule has 6 atom stereocenters. The lowest BCUT2D eigenvalue weighted by atomic mass is 10.1. The first kappa shape index (κ1) is 28.2. The molecule has 1 aliphatic heterocycles. The van der Waals surface area contributed by atoms with Crippen LogP contribution in [0.3, 0.4) is 0 Å². The van der Waals surface area contributed by atoms with E-state index < -0.39 is 54.6 Å². The van der Waals surface area contributed by atoms with Crippen LogP contribution in [-0.4, -0.2) is 94.5 Å². The molecule has 1 aliphatic rings. The van der Waals surface area contributed by atoms with Crippen molar-refractivity contribution in [3.05, 3.63) is 12.7 Å². The van der Waals surface area contributed by atoms with Crippen LogP contribution in [0.2, 0.25) is 0 Å². The lowest BCUT2D eigenvalue weighted by molar-refractivity contribution is -0.0503. The molecule has 198 valence electrons. The molecule has 0 aliphatic carbocycles. The van der Waals surface area contributed by atoms with E-state index in [2.05, 4.69) is 33.4 Å². The third-order valence-corrected chi connectivity index (χ3v) is 8.19. The summed E-state index contributed by atoms with van der Waals surface area (Å²) < 4.78 is 57.4. The molecule has 1 saturated heterocycles. The maximum Gasteiger partial charge on any atom is 0.490 e. The zero-order valence-electron chi connectivity index (χ0n) is 17.7. The molecule has 1 fully saturated rings. The predicted octanol–water partition coefficient (Wildman–Crippen LogP) is -1.15.